The minimum absolute atomic E-state index is 0.340. The van der Waals surface area contributed by atoms with E-state index >= 15 is 0 Å². The lowest BCUT2D eigenvalue weighted by Crippen LogP contribution is -2.47. The largest absolute Gasteiger partial charge is 0.382 e. The molecular formula is C15H17FN6O. The summed E-state index contributed by atoms with van der Waals surface area (Å²) in [6, 6.07) is 4.91. The number of anilines is 1. The van der Waals surface area contributed by atoms with Crippen LogP contribution in [0.5, 0.6) is 0 Å². The number of imidazole rings is 1. The molecule has 3 aromatic rings. The zero-order chi connectivity index (χ0) is 16.0. The number of H-pyrrole nitrogens is 1. The topological polar surface area (TPSA) is 82.9 Å². The van der Waals surface area contributed by atoms with Crippen LogP contribution in [0.2, 0.25) is 0 Å². The van der Waals surface area contributed by atoms with E-state index in [1.165, 1.54) is 12.3 Å². The third kappa shape index (κ3) is 2.17. The van der Waals surface area contributed by atoms with E-state index in [2.05, 4.69) is 20.4 Å². The molecule has 23 heavy (non-hydrogen) atoms. The van der Waals surface area contributed by atoms with Crippen LogP contribution in [0.15, 0.2) is 24.4 Å². The molecule has 1 aromatic carbocycles. The Balaban J connectivity index is 1.73. The van der Waals surface area contributed by atoms with Crippen LogP contribution in [0.25, 0.3) is 11.0 Å². The molecule has 7 nitrogen and oxygen atoms in total. The Hall–Kier alpha value is -2.48. The zero-order valence-electron chi connectivity index (χ0n) is 12.7. The van der Waals surface area contributed by atoms with Crippen LogP contribution in [-0.2, 0) is 12.6 Å². The van der Waals surface area contributed by atoms with Gasteiger partial charge in [-0.3, -0.25) is 0 Å². The maximum Gasteiger partial charge on any atom is 0.206 e. The number of nitrogens with zero attached hydrogens (tertiary/aromatic N) is 5. The fourth-order valence-corrected chi connectivity index (χ4v) is 3.29. The summed E-state index contributed by atoms with van der Waals surface area (Å²) < 4.78 is 15.8. The molecule has 2 N–H and O–H groups in total. The van der Waals surface area contributed by atoms with E-state index in [-0.39, 0.29) is 5.82 Å². The van der Waals surface area contributed by atoms with Crippen LogP contribution in [-0.4, -0.2) is 43.2 Å². The smallest absolute Gasteiger partial charge is 0.206 e. The number of piperidine rings is 1. The first kappa shape index (κ1) is 14.1. The van der Waals surface area contributed by atoms with Crippen molar-refractivity contribution < 1.29 is 9.50 Å². The van der Waals surface area contributed by atoms with Crippen LogP contribution in [0.3, 0.4) is 0 Å². The highest BCUT2D eigenvalue weighted by Crippen LogP contribution is 2.33. The zero-order valence-corrected chi connectivity index (χ0v) is 12.7. The van der Waals surface area contributed by atoms with Gasteiger partial charge in [0.1, 0.15) is 16.8 Å². The first-order valence-corrected chi connectivity index (χ1v) is 7.53. The molecule has 0 saturated carbocycles. The molecule has 2 aromatic heterocycles. The minimum atomic E-state index is -1.08. The number of aromatic nitrogens is 5. The number of β-amino-alcohol motifs (C(OH)–C–C–N with tert-alkyl or cyclic N) is 1. The number of aromatic amines is 1. The van der Waals surface area contributed by atoms with Gasteiger partial charge in [0, 0.05) is 13.6 Å². The number of rotatable bonds is 2. The maximum absolute atomic E-state index is 14.0. The van der Waals surface area contributed by atoms with E-state index in [0.29, 0.717) is 30.1 Å². The lowest BCUT2D eigenvalue weighted by atomic mass is 9.90. The van der Waals surface area contributed by atoms with Crippen molar-refractivity contribution in [2.45, 2.75) is 18.4 Å². The molecule has 120 valence electrons. The summed E-state index contributed by atoms with van der Waals surface area (Å²) in [5.41, 5.74) is 0.519. The number of para-hydroxylation sites is 1. The molecule has 1 aliphatic rings. The summed E-state index contributed by atoms with van der Waals surface area (Å²) in [6.07, 6.45) is 2.93. The molecule has 8 heteroatoms. The van der Waals surface area contributed by atoms with E-state index < -0.39 is 5.60 Å². The summed E-state index contributed by atoms with van der Waals surface area (Å²) in [4.78, 5) is 6.41. The molecule has 1 saturated heterocycles. The number of aryl methyl sites for hydroxylation is 1. The van der Waals surface area contributed by atoms with Gasteiger partial charge in [-0.2, -0.15) is 15.4 Å². The third-order valence-electron chi connectivity index (χ3n) is 4.48. The van der Waals surface area contributed by atoms with Crippen LogP contribution < -0.4 is 4.90 Å². The predicted molar refractivity (Wildman–Crippen MR) is 82.4 cm³/mol. The number of aliphatic hydroxyl groups is 1. The fourth-order valence-electron chi connectivity index (χ4n) is 3.29. The second kappa shape index (κ2) is 5.02. The quantitative estimate of drug-likeness (QED) is 0.745. The van der Waals surface area contributed by atoms with Crippen molar-refractivity contribution in [1.82, 2.24) is 25.0 Å². The van der Waals surface area contributed by atoms with Crippen LogP contribution in [0.1, 0.15) is 18.5 Å². The summed E-state index contributed by atoms with van der Waals surface area (Å²) in [5, 5.41) is 21.2. The van der Waals surface area contributed by atoms with Gasteiger partial charge in [0.25, 0.3) is 0 Å². The van der Waals surface area contributed by atoms with E-state index in [9.17, 15) is 9.50 Å². The lowest BCUT2D eigenvalue weighted by molar-refractivity contribution is 0.0171. The van der Waals surface area contributed by atoms with Crippen molar-refractivity contribution in [3.8, 4) is 0 Å². The molecule has 0 amide bonds. The van der Waals surface area contributed by atoms with Crippen molar-refractivity contribution in [3.63, 3.8) is 0 Å². The number of hydrogen-bond acceptors (Lipinski definition) is 5. The highest BCUT2D eigenvalue weighted by molar-refractivity contribution is 5.79. The van der Waals surface area contributed by atoms with Gasteiger partial charge in [-0.25, -0.2) is 9.37 Å². The first-order valence-electron chi connectivity index (χ1n) is 7.53. The first-order chi connectivity index (χ1) is 11.1. The van der Waals surface area contributed by atoms with E-state index in [0.717, 1.165) is 18.5 Å². The predicted octanol–water partition coefficient (Wildman–Crippen LogP) is 1.32. The molecule has 1 fully saturated rings. The van der Waals surface area contributed by atoms with Gasteiger partial charge in [0.2, 0.25) is 5.95 Å². The Kier molecular flexibility index (Phi) is 3.08. The molecule has 3 heterocycles. The third-order valence-corrected chi connectivity index (χ3v) is 4.48. The van der Waals surface area contributed by atoms with Gasteiger partial charge in [0.15, 0.2) is 5.82 Å². The van der Waals surface area contributed by atoms with E-state index in [1.807, 2.05) is 22.6 Å². The highest BCUT2D eigenvalue weighted by Gasteiger charge is 2.38. The normalized spacial score (nSPS) is 22.0. The summed E-state index contributed by atoms with van der Waals surface area (Å²) >= 11 is 0. The second-order valence-corrected chi connectivity index (χ2v) is 5.99. The molecule has 0 radical (unpaired) electrons. The molecule has 0 bridgehead atoms. The Bertz CT molecular complexity index is 845. The van der Waals surface area contributed by atoms with Crippen molar-refractivity contribution >= 4 is 17.0 Å². The Morgan fingerprint density at radius 2 is 2.26 bits per heavy atom. The number of benzene rings is 1. The van der Waals surface area contributed by atoms with Crippen molar-refractivity contribution in [2.75, 3.05) is 18.0 Å². The Labute approximate surface area is 131 Å². The van der Waals surface area contributed by atoms with E-state index in [1.54, 1.807) is 6.07 Å². The highest BCUT2D eigenvalue weighted by atomic mass is 19.1. The van der Waals surface area contributed by atoms with E-state index in [4.69, 9.17) is 0 Å². The SMILES string of the molecule is Cn1c(N2CCCC(O)(c3cn[nH]n3)C2)nc2c(F)cccc21. The molecule has 0 spiro atoms. The fraction of sp³-hybridized carbons (Fsp3) is 0.400. The van der Waals surface area contributed by atoms with Crippen molar-refractivity contribution in [2.24, 2.45) is 7.05 Å². The van der Waals surface area contributed by atoms with Crippen LogP contribution in [0, 0.1) is 5.82 Å². The maximum atomic E-state index is 14.0. The standard InChI is InChI=1S/C15H17FN6O/c1-21-11-5-2-4-10(16)13(11)18-14(21)22-7-3-6-15(23,9-22)12-8-17-20-19-12/h2,4-5,8,23H,3,6-7,9H2,1H3,(H,17,19,20). The average Bonchev–Trinajstić information content (AvgIpc) is 3.18. The molecule has 1 unspecified atom stereocenters. The monoisotopic (exact) mass is 316 g/mol. The number of nitrogens with one attached hydrogen (secondary N) is 1. The van der Waals surface area contributed by atoms with Crippen molar-refractivity contribution in [3.05, 3.63) is 35.9 Å². The molecule has 1 atom stereocenters. The van der Waals surface area contributed by atoms with Gasteiger partial charge < -0.3 is 14.6 Å². The summed E-state index contributed by atoms with van der Waals surface area (Å²) in [6.45, 7) is 1.09. The Morgan fingerprint density at radius 1 is 1.39 bits per heavy atom. The van der Waals surface area contributed by atoms with Crippen LogP contribution >= 0.6 is 0 Å². The van der Waals surface area contributed by atoms with Gasteiger partial charge >= 0.3 is 0 Å². The molecule has 4 rings (SSSR count). The van der Waals surface area contributed by atoms with Crippen molar-refractivity contribution in [1.29, 1.82) is 0 Å². The average molecular weight is 316 g/mol. The molecule has 1 aliphatic heterocycles. The number of halogens is 1. The summed E-state index contributed by atoms with van der Waals surface area (Å²) in [7, 11) is 1.86. The Morgan fingerprint density at radius 3 is 3.00 bits per heavy atom. The van der Waals surface area contributed by atoms with Gasteiger partial charge in [-0.05, 0) is 25.0 Å². The molecule has 0 aliphatic carbocycles. The van der Waals surface area contributed by atoms with Crippen LogP contribution in [0.4, 0.5) is 10.3 Å². The second-order valence-electron chi connectivity index (χ2n) is 5.99. The lowest BCUT2D eigenvalue weighted by Gasteiger charge is -2.38. The number of hydrogen-bond donors (Lipinski definition) is 2. The van der Waals surface area contributed by atoms with Gasteiger partial charge in [-0.1, -0.05) is 6.07 Å². The minimum Gasteiger partial charge on any atom is -0.382 e. The summed E-state index contributed by atoms with van der Waals surface area (Å²) in [5.74, 6) is 0.305. The number of fused-ring (bicyclic) bond motifs is 1. The molecular weight excluding hydrogens is 299 g/mol. The van der Waals surface area contributed by atoms with Gasteiger partial charge in [-0.15, -0.1) is 0 Å². The van der Waals surface area contributed by atoms with Gasteiger partial charge in [0.05, 0.1) is 18.3 Å².